The predicted octanol–water partition coefficient (Wildman–Crippen LogP) is 2.80. The molecule has 0 bridgehead atoms. The van der Waals surface area contributed by atoms with Crippen molar-refractivity contribution in [2.45, 2.75) is 31.7 Å². The number of hydrogen-bond donors (Lipinski definition) is 2. The summed E-state index contributed by atoms with van der Waals surface area (Å²) in [6, 6.07) is 11.2. The van der Waals surface area contributed by atoms with E-state index in [4.69, 9.17) is 4.74 Å². The fourth-order valence-electron chi connectivity index (χ4n) is 4.23. The van der Waals surface area contributed by atoms with Gasteiger partial charge in [0.05, 0.1) is 6.61 Å². The van der Waals surface area contributed by atoms with Crippen molar-refractivity contribution in [3.63, 3.8) is 0 Å². The second-order valence-electron chi connectivity index (χ2n) is 8.00. The van der Waals surface area contributed by atoms with Crippen LogP contribution in [0.3, 0.4) is 0 Å². The first-order valence-electron chi connectivity index (χ1n) is 10.8. The summed E-state index contributed by atoms with van der Waals surface area (Å²) in [5.41, 5.74) is 1.32. The largest absolute Gasteiger partial charge is 0.383 e. The minimum Gasteiger partial charge on any atom is -0.383 e. The molecule has 0 amide bonds. The molecule has 0 radical (unpaired) electrons. The van der Waals surface area contributed by atoms with E-state index in [1.54, 1.807) is 7.11 Å². The monoisotopic (exact) mass is 515 g/mol. The van der Waals surface area contributed by atoms with Crippen LogP contribution >= 0.6 is 24.0 Å². The Labute approximate surface area is 193 Å². The Bertz CT molecular complexity index is 592. The van der Waals surface area contributed by atoms with Gasteiger partial charge in [0.2, 0.25) is 0 Å². The summed E-state index contributed by atoms with van der Waals surface area (Å²) >= 11 is 0. The van der Waals surface area contributed by atoms with Crippen LogP contribution in [0.4, 0.5) is 5.69 Å². The van der Waals surface area contributed by atoms with E-state index in [0.717, 1.165) is 44.7 Å². The van der Waals surface area contributed by atoms with Crippen molar-refractivity contribution in [3.05, 3.63) is 30.3 Å². The molecule has 29 heavy (non-hydrogen) atoms. The van der Waals surface area contributed by atoms with Gasteiger partial charge < -0.3 is 25.2 Å². The van der Waals surface area contributed by atoms with Crippen LogP contribution in [0.15, 0.2) is 35.3 Å². The molecule has 2 aliphatic heterocycles. The quantitative estimate of drug-likeness (QED) is 0.333. The van der Waals surface area contributed by atoms with Gasteiger partial charge in [0.25, 0.3) is 0 Å². The number of aliphatic imine (C=N–C) groups is 1. The van der Waals surface area contributed by atoms with Crippen LogP contribution in [0.25, 0.3) is 0 Å². The van der Waals surface area contributed by atoms with Gasteiger partial charge >= 0.3 is 0 Å². The highest BCUT2D eigenvalue weighted by Gasteiger charge is 2.22. The van der Waals surface area contributed by atoms with Crippen molar-refractivity contribution in [1.82, 2.24) is 15.5 Å². The zero-order chi connectivity index (χ0) is 19.6. The maximum absolute atomic E-state index is 5.19. The molecule has 1 unspecified atom stereocenters. The van der Waals surface area contributed by atoms with Crippen LogP contribution in [0.2, 0.25) is 0 Å². The molecule has 0 spiro atoms. The molecule has 0 aromatic heterocycles. The fraction of sp³-hybridized carbons (Fsp3) is 0.682. The Balaban J connectivity index is 0.00000300. The third-order valence-electron chi connectivity index (χ3n) is 5.98. The minimum absolute atomic E-state index is 0. The zero-order valence-corrected chi connectivity index (χ0v) is 20.3. The molecule has 0 aliphatic carbocycles. The number of benzene rings is 1. The number of methoxy groups -OCH3 is 1. The van der Waals surface area contributed by atoms with E-state index >= 15 is 0 Å². The molecule has 1 aromatic carbocycles. The number of anilines is 1. The van der Waals surface area contributed by atoms with Crippen molar-refractivity contribution in [2.24, 2.45) is 10.9 Å². The summed E-state index contributed by atoms with van der Waals surface area (Å²) in [6.45, 7) is 7.42. The number of guanidine groups is 1. The minimum atomic E-state index is 0. The van der Waals surface area contributed by atoms with Crippen molar-refractivity contribution in [3.8, 4) is 0 Å². The maximum atomic E-state index is 5.19. The molecule has 1 aromatic rings. The second-order valence-corrected chi connectivity index (χ2v) is 8.00. The molecule has 3 rings (SSSR count). The molecule has 2 heterocycles. The molecule has 2 saturated heterocycles. The lowest BCUT2D eigenvalue weighted by Crippen LogP contribution is -2.52. The highest BCUT2D eigenvalue weighted by Crippen LogP contribution is 2.19. The molecule has 2 N–H and O–H groups in total. The lowest BCUT2D eigenvalue weighted by atomic mass is 9.97. The standard InChI is InChI=1S/C22H37N5O.HI/c1-23-22(24-17-19-10-13-26(14-11-19)15-16-28-2)25-20-7-6-12-27(18-20)21-8-4-3-5-9-21;/h3-5,8-9,19-20H,6-7,10-18H2,1-2H3,(H2,23,24,25);1H. The summed E-state index contributed by atoms with van der Waals surface area (Å²) in [7, 11) is 3.65. The summed E-state index contributed by atoms with van der Waals surface area (Å²) < 4.78 is 5.19. The first kappa shape index (κ1) is 24.2. The second kappa shape index (κ2) is 13.3. The number of likely N-dealkylation sites (tertiary alicyclic amines) is 1. The first-order valence-corrected chi connectivity index (χ1v) is 10.8. The topological polar surface area (TPSA) is 52.1 Å². The first-order chi connectivity index (χ1) is 13.8. The molecule has 1 atom stereocenters. The molecule has 7 heteroatoms. The van der Waals surface area contributed by atoms with Crippen molar-refractivity contribution in [1.29, 1.82) is 0 Å². The number of piperidine rings is 2. The number of hydrogen-bond acceptors (Lipinski definition) is 4. The number of nitrogens with zero attached hydrogens (tertiary/aromatic N) is 3. The van der Waals surface area contributed by atoms with Crippen LogP contribution < -0.4 is 15.5 Å². The normalized spacial score (nSPS) is 21.5. The summed E-state index contributed by atoms with van der Waals surface area (Å²) in [4.78, 5) is 9.45. The third-order valence-corrected chi connectivity index (χ3v) is 5.98. The highest BCUT2D eigenvalue weighted by atomic mass is 127. The number of para-hydroxylation sites is 1. The Morgan fingerprint density at radius 1 is 1.14 bits per heavy atom. The zero-order valence-electron chi connectivity index (χ0n) is 18.0. The van der Waals surface area contributed by atoms with Gasteiger partial charge in [-0.3, -0.25) is 4.99 Å². The van der Waals surface area contributed by atoms with Crippen LogP contribution in [-0.2, 0) is 4.74 Å². The molecule has 0 saturated carbocycles. The Hall–Kier alpha value is -1.06. The van der Waals surface area contributed by atoms with Gasteiger partial charge in [0.1, 0.15) is 0 Å². The van der Waals surface area contributed by atoms with E-state index in [9.17, 15) is 0 Å². The van der Waals surface area contributed by atoms with E-state index in [-0.39, 0.29) is 24.0 Å². The molecule has 2 aliphatic rings. The van der Waals surface area contributed by atoms with Crippen LogP contribution in [-0.4, -0.2) is 76.9 Å². The summed E-state index contributed by atoms with van der Waals surface area (Å²) in [5, 5.41) is 7.23. The Morgan fingerprint density at radius 2 is 1.90 bits per heavy atom. The van der Waals surface area contributed by atoms with Gasteiger partial charge in [-0.15, -0.1) is 24.0 Å². The molecule has 2 fully saturated rings. The molecular weight excluding hydrogens is 477 g/mol. The Morgan fingerprint density at radius 3 is 2.59 bits per heavy atom. The summed E-state index contributed by atoms with van der Waals surface area (Å²) in [5.74, 6) is 1.67. The highest BCUT2D eigenvalue weighted by molar-refractivity contribution is 14.0. The average Bonchev–Trinajstić information content (AvgIpc) is 2.76. The number of ether oxygens (including phenoxy) is 1. The SMILES string of the molecule is CN=C(NCC1CCN(CCOC)CC1)NC1CCCN(c2ccccc2)C1.I. The van der Waals surface area contributed by atoms with E-state index in [1.165, 1.54) is 44.5 Å². The lowest BCUT2D eigenvalue weighted by Gasteiger charge is -2.36. The lowest BCUT2D eigenvalue weighted by molar-refractivity contribution is 0.121. The molecular formula is C22H38IN5O. The molecule has 6 nitrogen and oxygen atoms in total. The van der Waals surface area contributed by atoms with Crippen LogP contribution in [0.5, 0.6) is 0 Å². The Kier molecular flexibility index (Phi) is 11.1. The van der Waals surface area contributed by atoms with Crippen LogP contribution in [0.1, 0.15) is 25.7 Å². The smallest absolute Gasteiger partial charge is 0.191 e. The van der Waals surface area contributed by atoms with Gasteiger partial charge in [0, 0.05) is 52.1 Å². The number of rotatable bonds is 7. The van der Waals surface area contributed by atoms with Gasteiger partial charge in [-0.05, 0) is 56.8 Å². The molecule has 164 valence electrons. The fourth-order valence-corrected chi connectivity index (χ4v) is 4.23. The van der Waals surface area contributed by atoms with Crippen molar-refractivity contribution in [2.75, 3.05) is 64.9 Å². The predicted molar refractivity (Wildman–Crippen MR) is 133 cm³/mol. The number of nitrogens with one attached hydrogen (secondary N) is 2. The van der Waals surface area contributed by atoms with Gasteiger partial charge in [-0.1, -0.05) is 18.2 Å². The van der Waals surface area contributed by atoms with E-state index < -0.39 is 0 Å². The average molecular weight is 515 g/mol. The van der Waals surface area contributed by atoms with Crippen LogP contribution in [0, 0.1) is 5.92 Å². The van der Waals surface area contributed by atoms with E-state index in [0.29, 0.717) is 6.04 Å². The maximum Gasteiger partial charge on any atom is 0.191 e. The van der Waals surface area contributed by atoms with E-state index in [2.05, 4.69) is 55.8 Å². The number of halogens is 1. The van der Waals surface area contributed by atoms with Gasteiger partial charge in [-0.25, -0.2) is 0 Å². The van der Waals surface area contributed by atoms with E-state index in [1.807, 2.05) is 7.05 Å². The third kappa shape index (κ3) is 7.94. The van der Waals surface area contributed by atoms with Crippen molar-refractivity contribution < 1.29 is 4.74 Å². The van der Waals surface area contributed by atoms with Gasteiger partial charge in [-0.2, -0.15) is 0 Å². The summed E-state index contributed by atoms with van der Waals surface area (Å²) in [6.07, 6.45) is 4.91. The van der Waals surface area contributed by atoms with Gasteiger partial charge in [0.15, 0.2) is 5.96 Å². The van der Waals surface area contributed by atoms with Crippen molar-refractivity contribution >= 4 is 35.6 Å².